The van der Waals surface area contributed by atoms with Crippen LogP contribution in [0.3, 0.4) is 0 Å². The Hall–Kier alpha value is -1.76. The van der Waals surface area contributed by atoms with Gasteiger partial charge in [0.15, 0.2) is 5.82 Å². The summed E-state index contributed by atoms with van der Waals surface area (Å²) in [5.74, 6) is 0.907. The quantitative estimate of drug-likeness (QED) is 0.938. The molecule has 3 rings (SSSR count). The Morgan fingerprint density at radius 2 is 2.43 bits per heavy atom. The number of nitrogens with zero attached hydrogens (tertiary/aromatic N) is 4. The molecule has 6 nitrogen and oxygen atoms in total. The maximum atomic E-state index is 12.3. The van der Waals surface area contributed by atoms with Crippen LogP contribution >= 0.6 is 11.3 Å². The topological polar surface area (TPSA) is 72.7 Å². The number of fused-ring (bicyclic) bond motifs is 1. The van der Waals surface area contributed by atoms with Gasteiger partial charge in [0.2, 0.25) is 5.91 Å². The summed E-state index contributed by atoms with van der Waals surface area (Å²) in [7, 11) is 0. The molecule has 0 radical (unpaired) electrons. The summed E-state index contributed by atoms with van der Waals surface area (Å²) < 4.78 is 1.58. The fourth-order valence-corrected chi connectivity index (χ4v) is 3.74. The average Bonchev–Trinajstić information content (AvgIpc) is 3.07. The SMILES string of the molecule is CC(C)c1nnnn1CC(=O)NC1CCCc2sccc21. The van der Waals surface area contributed by atoms with E-state index < -0.39 is 0 Å². The predicted octanol–water partition coefficient (Wildman–Crippen LogP) is 2.05. The van der Waals surface area contributed by atoms with Gasteiger partial charge in [-0.15, -0.1) is 16.4 Å². The molecule has 2 aromatic heterocycles. The van der Waals surface area contributed by atoms with Gasteiger partial charge in [-0.3, -0.25) is 4.79 Å². The fourth-order valence-electron chi connectivity index (χ4n) is 2.75. The van der Waals surface area contributed by atoms with Crippen LogP contribution in [-0.2, 0) is 17.8 Å². The third kappa shape index (κ3) is 2.97. The van der Waals surface area contributed by atoms with Crippen molar-refractivity contribution in [1.82, 2.24) is 25.5 Å². The molecule has 112 valence electrons. The third-order valence-corrected chi connectivity index (χ3v) is 4.75. The lowest BCUT2D eigenvalue weighted by molar-refractivity contribution is -0.122. The van der Waals surface area contributed by atoms with Crippen molar-refractivity contribution < 1.29 is 4.79 Å². The van der Waals surface area contributed by atoms with Crippen LogP contribution in [0.25, 0.3) is 0 Å². The molecule has 0 fully saturated rings. The van der Waals surface area contributed by atoms with E-state index in [2.05, 4.69) is 32.3 Å². The molecule has 1 unspecified atom stereocenters. The number of carbonyl (C=O) groups excluding carboxylic acids is 1. The highest BCUT2D eigenvalue weighted by Gasteiger charge is 2.23. The number of rotatable bonds is 4. The van der Waals surface area contributed by atoms with Gasteiger partial charge < -0.3 is 5.32 Å². The zero-order chi connectivity index (χ0) is 14.8. The van der Waals surface area contributed by atoms with Gasteiger partial charge in [0.25, 0.3) is 0 Å². The van der Waals surface area contributed by atoms with E-state index in [0.29, 0.717) is 0 Å². The number of aromatic nitrogens is 4. The van der Waals surface area contributed by atoms with Crippen LogP contribution < -0.4 is 5.32 Å². The van der Waals surface area contributed by atoms with Gasteiger partial charge in [-0.25, -0.2) is 4.68 Å². The number of thiophene rings is 1. The number of nitrogens with one attached hydrogen (secondary N) is 1. The van der Waals surface area contributed by atoms with Crippen molar-refractivity contribution in [1.29, 1.82) is 0 Å². The maximum Gasteiger partial charge on any atom is 0.242 e. The number of tetrazole rings is 1. The van der Waals surface area contributed by atoms with Crippen molar-refractivity contribution in [3.05, 3.63) is 27.7 Å². The first-order valence-corrected chi connectivity index (χ1v) is 8.15. The molecular formula is C14H19N5OS. The van der Waals surface area contributed by atoms with E-state index in [1.165, 1.54) is 10.4 Å². The van der Waals surface area contributed by atoms with Gasteiger partial charge in [0, 0.05) is 10.8 Å². The van der Waals surface area contributed by atoms with Crippen molar-refractivity contribution in [2.75, 3.05) is 0 Å². The first kappa shape index (κ1) is 14.2. The van der Waals surface area contributed by atoms with Crippen LogP contribution in [0.1, 0.15) is 54.9 Å². The van der Waals surface area contributed by atoms with Gasteiger partial charge in [-0.1, -0.05) is 13.8 Å². The second kappa shape index (κ2) is 5.93. The molecule has 1 N–H and O–H groups in total. The highest BCUT2D eigenvalue weighted by Crippen LogP contribution is 2.33. The Kier molecular flexibility index (Phi) is 4.01. The zero-order valence-electron chi connectivity index (χ0n) is 12.2. The first-order chi connectivity index (χ1) is 10.1. The predicted molar refractivity (Wildman–Crippen MR) is 80.0 cm³/mol. The fraction of sp³-hybridized carbons (Fsp3) is 0.571. The lowest BCUT2D eigenvalue weighted by Crippen LogP contribution is -2.33. The molecule has 1 atom stereocenters. The highest BCUT2D eigenvalue weighted by atomic mass is 32.1. The van der Waals surface area contributed by atoms with Gasteiger partial charge in [-0.2, -0.15) is 0 Å². The molecule has 0 saturated heterocycles. The number of amides is 1. The van der Waals surface area contributed by atoms with Crippen LogP contribution in [0, 0.1) is 0 Å². The van der Waals surface area contributed by atoms with E-state index in [1.807, 2.05) is 13.8 Å². The summed E-state index contributed by atoms with van der Waals surface area (Å²) in [6.45, 7) is 4.20. The first-order valence-electron chi connectivity index (χ1n) is 7.27. The van der Waals surface area contributed by atoms with Gasteiger partial charge in [0.05, 0.1) is 6.04 Å². The average molecular weight is 305 g/mol. The zero-order valence-corrected chi connectivity index (χ0v) is 13.1. The Bertz CT molecular complexity index is 633. The van der Waals surface area contributed by atoms with Gasteiger partial charge in [-0.05, 0) is 46.7 Å². The molecule has 1 aliphatic carbocycles. The van der Waals surface area contributed by atoms with Crippen molar-refractivity contribution in [2.24, 2.45) is 0 Å². The number of aryl methyl sites for hydroxylation is 1. The summed E-state index contributed by atoms with van der Waals surface area (Å²) >= 11 is 1.78. The summed E-state index contributed by atoms with van der Waals surface area (Å²) in [5, 5.41) is 16.7. The van der Waals surface area contributed by atoms with E-state index in [4.69, 9.17) is 0 Å². The standard InChI is InChI=1S/C14H19N5OS/c1-9(2)14-16-17-18-19(14)8-13(20)15-11-4-3-5-12-10(11)6-7-21-12/h6-7,9,11H,3-5,8H2,1-2H3,(H,15,20). The van der Waals surface area contributed by atoms with Crippen molar-refractivity contribution in [3.8, 4) is 0 Å². The third-order valence-electron chi connectivity index (χ3n) is 3.76. The number of hydrogen-bond acceptors (Lipinski definition) is 5. The molecule has 7 heteroatoms. The summed E-state index contributed by atoms with van der Waals surface area (Å²) in [5.41, 5.74) is 1.28. The number of carbonyl (C=O) groups is 1. The lowest BCUT2D eigenvalue weighted by atomic mass is 9.94. The molecule has 0 spiro atoms. The summed E-state index contributed by atoms with van der Waals surface area (Å²) in [6.07, 6.45) is 3.26. The van der Waals surface area contributed by atoms with Crippen LogP contribution in [0.4, 0.5) is 0 Å². The van der Waals surface area contributed by atoms with Crippen LogP contribution in [0.5, 0.6) is 0 Å². The molecule has 2 heterocycles. The Morgan fingerprint density at radius 1 is 1.57 bits per heavy atom. The molecule has 1 amide bonds. The van der Waals surface area contributed by atoms with Crippen molar-refractivity contribution in [3.63, 3.8) is 0 Å². The van der Waals surface area contributed by atoms with E-state index >= 15 is 0 Å². The normalized spacial score (nSPS) is 17.8. The Balaban J connectivity index is 1.67. The second-order valence-electron chi connectivity index (χ2n) is 5.66. The molecule has 0 aromatic carbocycles. The minimum Gasteiger partial charge on any atom is -0.348 e. The smallest absolute Gasteiger partial charge is 0.242 e. The highest BCUT2D eigenvalue weighted by molar-refractivity contribution is 7.10. The van der Waals surface area contributed by atoms with Crippen LogP contribution in [0.15, 0.2) is 11.4 Å². The largest absolute Gasteiger partial charge is 0.348 e. The molecule has 0 saturated carbocycles. The second-order valence-corrected chi connectivity index (χ2v) is 6.66. The van der Waals surface area contributed by atoms with Crippen molar-refractivity contribution in [2.45, 2.75) is 51.6 Å². The van der Waals surface area contributed by atoms with E-state index in [-0.39, 0.29) is 24.4 Å². The summed E-state index contributed by atoms with van der Waals surface area (Å²) in [6, 6.07) is 2.26. The maximum absolute atomic E-state index is 12.3. The minimum absolute atomic E-state index is 0.0340. The lowest BCUT2D eigenvalue weighted by Gasteiger charge is -2.23. The molecule has 2 aromatic rings. The monoisotopic (exact) mass is 305 g/mol. The summed E-state index contributed by atoms with van der Waals surface area (Å²) in [4.78, 5) is 13.7. The van der Waals surface area contributed by atoms with Crippen LogP contribution in [0.2, 0.25) is 0 Å². The van der Waals surface area contributed by atoms with E-state index in [1.54, 1.807) is 16.0 Å². The van der Waals surface area contributed by atoms with Crippen molar-refractivity contribution >= 4 is 17.2 Å². The Morgan fingerprint density at radius 3 is 3.24 bits per heavy atom. The van der Waals surface area contributed by atoms with E-state index in [0.717, 1.165) is 25.1 Å². The van der Waals surface area contributed by atoms with Crippen LogP contribution in [-0.4, -0.2) is 26.1 Å². The van der Waals surface area contributed by atoms with E-state index in [9.17, 15) is 4.79 Å². The molecule has 0 bridgehead atoms. The van der Waals surface area contributed by atoms with Gasteiger partial charge >= 0.3 is 0 Å². The molecular weight excluding hydrogens is 286 g/mol. The molecule has 1 aliphatic rings. The minimum atomic E-state index is -0.0340. The molecule has 0 aliphatic heterocycles. The number of hydrogen-bond donors (Lipinski definition) is 1. The Labute approximate surface area is 127 Å². The van der Waals surface area contributed by atoms with Gasteiger partial charge in [0.1, 0.15) is 6.54 Å². The molecule has 21 heavy (non-hydrogen) atoms.